The summed E-state index contributed by atoms with van der Waals surface area (Å²) in [7, 11) is 0. The van der Waals surface area contributed by atoms with Crippen molar-refractivity contribution in [3.63, 3.8) is 0 Å². The molecule has 14 heavy (non-hydrogen) atoms. The van der Waals surface area contributed by atoms with Crippen LogP contribution >= 0.6 is 0 Å². The van der Waals surface area contributed by atoms with Crippen molar-refractivity contribution in [3.8, 4) is 0 Å². The third kappa shape index (κ3) is 3.58. The van der Waals surface area contributed by atoms with Gasteiger partial charge in [-0.05, 0) is 37.1 Å². The summed E-state index contributed by atoms with van der Waals surface area (Å²) in [4.78, 5) is 0. The summed E-state index contributed by atoms with van der Waals surface area (Å²) in [5.74, 6) is 0.660. The van der Waals surface area contributed by atoms with Gasteiger partial charge in [-0.15, -0.1) is 0 Å². The standard InChI is InChI=1S/C12H25NO/c1-10(2)7-13-9-12(14)6-5-11(3,4)8-12/h10,13-14H,5-9H2,1-4H3. The van der Waals surface area contributed by atoms with Gasteiger partial charge in [-0.2, -0.15) is 0 Å². The molecule has 0 amide bonds. The van der Waals surface area contributed by atoms with E-state index in [1.165, 1.54) is 0 Å². The summed E-state index contributed by atoms with van der Waals surface area (Å²) in [6.45, 7) is 10.6. The van der Waals surface area contributed by atoms with E-state index in [2.05, 4.69) is 33.0 Å². The fourth-order valence-corrected chi connectivity index (χ4v) is 2.38. The van der Waals surface area contributed by atoms with Gasteiger partial charge in [-0.1, -0.05) is 27.7 Å². The third-order valence-electron chi connectivity index (χ3n) is 3.08. The highest BCUT2D eigenvalue weighted by Gasteiger charge is 2.41. The Morgan fingerprint density at radius 2 is 1.93 bits per heavy atom. The molecular weight excluding hydrogens is 174 g/mol. The van der Waals surface area contributed by atoms with Crippen LogP contribution in [0.5, 0.6) is 0 Å². The quantitative estimate of drug-likeness (QED) is 0.727. The highest BCUT2D eigenvalue weighted by molar-refractivity contribution is 4.95. The van der Waals surface area contributed by atoms with Crippen LogP contribution in [0.1, 0.15) is 47.0 Å². The Kier molecular flexibility index (Phi) is 3.59. The smallest absolute Gasteiger partial charge is 0.0776 e. The van der Waals surface area contributed by atoms with E-state index in [4.69, 9.17) is 0 Å². The van der Waals surface area contributed by atoms with Crippen molar-refractivity contribution in [3.05, 3.63) is 0 Å². The number of nitrogens with one attached hydrogen (secondary N) is 1. The lowest BCUT2D eigenvalue weighted by molar-refractivity contribution is 0.0372. The molecule has 0 aromatic rings. The molecule has 1 fully saturated rings. The molecule has 1 rings (SSSR count). The molecule has 2 heteroatoms. The fourth-order valence-electron chi connectivity index (χ4n) is 2.38. The minimum Gasteiger partial charge on any atom is -0.389 e. The van der Waals surface area contributed by atoms with Gasteiger partial charge in [-0.25, -0.2) is 0 Å². The molecule has 0 bridgehead atoms. The maximum Gasteiger partial charge on any atom is 0.0776 e. The Balaban J connectivity index is 2.30. The van der Waals surface area contributed by atoms with Crippen molar-refractivity contribution in [2.75, 3.05) is 13.1 Å². The number of hydrogen-bond donors (Lipinski definition) is 2. The van der Waals surface area contributed by atoms with Crippen LogP contribution < -0.4 is 5.32 Å². The molecule has 2 N–H and O–H groups in total. The van der Waals surface area contributed by atoms with E-state index in [1.54, 1.807) is 0 Å². The topological polar surface area (TPSA) is 32.3 Å². The average Bonchev–Trinajstić information content (AvgIpc) is 2.25. The molecule has 0 aromatic heterocycles. The maximum absolute atomic E-state index is 10.3. The fraction of sp³-hybridized carbons (Fsp3) is 1.00. The second-order valence-corrected chi connectivity index (χ2v) is 6.09. The van der Waals surface area contributed by atoms with Crippen LogP contribution in [0.2, 0.25) is 0 Å². The first-order valence-corrected chi connectivity index (χ1v) is 5.76. The van der Waals surface area contributed by atoms with Gasteiger partial charge in [0, 0.05) is 6.54 Å². The molecule has 0 aromatic carbocycles. The molecule has 84 valence electrons. The normalized spacial score (nSPS) is 31.3. The number of aliphatic hydroxyl groups is 1. The van der Waals surface area contributed by atoms with Crippen molar-refractivity contribution in [1.82, 2.24) is 5.32 Å². The zero-order chi connectivity index (χ0) is 10.8. The summed E-state index contributed by atoms with van der Waals surface area (Å²) in [5.41, 5.74) is -0.118. The molecule has 1 unspecified atom stereocenters. The number of rotatable bonds is 4. The summed E-state index contributed by atoms with van der Waals surface area (Å²) in [6, 6.07) is 0. The molecule has 1 saturated carbocycles. The zero-order valence-electron chi connectivity index (χ0n) is 10.1. The van der Waals surface area contributed by atoms with E-state index in [9.17, 15) is 5.11 Å². The monoisotopic (exact) mass is 199 g/mol. The first-order chi connectivity index (χ1) is 6.33. The lowest BCUT2D eigenvalue weighted by Gasteiger charge is -2.26. The van der Waals surface area contributed by atoms with E-state index >= 15 is 0 Å². The lowest BCUT2D eigenvalue weighted by atomic mass is 9.89. The molecular formula is C12H25NO. The van der Waals surface area contributed by atoms with Gasteiger partial charge in [0.25, 0.3) is 0 Å². The molecule has 0 saturated heterocycles. The van der Waals surface area contributed by atoms with E-state index in [1.807, 2.05) is 0 Å². The largest absolute Gasteiger partial charge is 0.389 e. The van der Waals surface area contributed by atoms with Gasteiger partial charge in [-0.3, -0.25) is 0 Å². The van der Waals surface area contributed by atoms with Crippen molar-refractivity contribution < 1.29 is 5.11 Å². The number of hydrogen-bond acceptors (Lipinski definition) is 2. The minimum absolute atomic E-state index is 0.328. The lowest BCUT2D eigenvalue weighted by Crippen LogP contribution is -2.40. The highest BCUT2D eigenvalue weighted by Crippen LogP contribution is 2.43. The maximum atomic E-state index is 10.3. The molecule has 1 atom stereocenters. The Bertz CT molecular complexity index is 189. The second kappa shape index (κ2) is 4.19. The highest BCUT2D eigenvalue weighted by atomic mass is 16.3. The predicted octanol–water partition coefficient (Wildman–Crippen LogP) is 2.17. The van der Waals surface area contributed by atoms with E-state index in [-0.39, 0.29) is 0 Å². The molecule has 0 radical (unpaired) electrons. The van der Waals surface area contributed by atoms with Gasteiger partial charge < -0.3 is 10.4 Å². The van der Waals surface area contributed by atoms with Gasteiger partial charge in [0.1, 0.15) is 0 Å². The van der Waals surface area contributed by atoms with Crippen LogP contribution in [-0.2, 0) is 0 Å². The first-order valence-electron chi connectivity index (χ1n) is 5.76. The molecule has 1 aliphatic rings. The minimum atomic E-state index is -0.446. The molecule has 0 spiro atoms. The second-order valence-electron chi connectivity index (χ2n) is 6.09. The van der Waals surface area contributed by atoms with Crippen molar-refractivity contribution in [2.24, 2.45) is 11.3 Å². The summed E-state index contributed by atoms with van der Waals surface area (Å²) in [5, 5.41) is 13.6. The van der Waals surface area contributed by atoms with E-state index in [0.717, 1.165) is 32.4 Å². The molecule has 0 aliphatic heterocycles. The Morgan fingerprint density at radius 1 is 1.29 bits per heavy atom. The zero-order valence-corrected chi connectivity index (χ0v) is 10.1. The molecule has 1 aliphatic carbocycles. The van der Waals surface area contributed by atoms with Crippen molar-refractivity contribution >= 4 is 0 Å². The molecule has 2 nitrogen and oxygen atoms in total. The van der Waals surface area contributed by atoms with Crippen LogP contribution in [-0.4, -0.2) is 23.8 Å². The van der Waals surface area contributed by atoms with Gasteiger partial charge in [0.2, 0.25) is 0 Å². The Labute approximate surface area is 88.1 Å². The van der Waals surface area contributed by atoms with Crippen LogP contribution in [0.25, 0.3) is 0 Å². The van der Waals surface area contributed by atoms with Crippen LogP contribution in [0.4, 0.5) is 0 Å². The SMILES string of the molecule is CC(C)CNCC1(O)CCC(C)(C)C1. The van der Waals surface area contributed by atoms with Gasteiger partial charge in [0.15, 0.2) is 0 Å². The summed E-state index contributed by atoms with van der Waals surface area (Å²) >= 11 is 0. The summed E-state index contributed by atoms with van der Waals surface area (Å²) in [6.07, 6.45) is 3.03. The Morgan fingerprint density at radius 3 is 2.36 bits per heavy atom. The van der Waals surface area contributed by atoms with Crippen molar-refractivity contribution in [2.45, 2.75) is 52.6 Å². The van der Waals surface area contributed by atoms with Crippen LogP contribution in [0, 0.1) is 11.3 Å². The van der Waals surface area contributed by atoms with Crippen LogP contribution in [0.15, 0.2) is 0 Å². The summed E-state index contributed by atoms with van der Waals surface area (Å²) < 4.78 is 0. The van der Waals surface area contributed by atoms with Crippen molar-refractivity contribution in [1.29, 1.82) is 0 Å². The van der Waals surface area contributed by atoms with E-state index in [0.29, 0.717) is 11.3 Å². The van der Waals surface area contributed by atoms with E-state index < -0.39 is 5.60 Å². The van der Waals surface area contributed by atoms with Gasteiger partial charge >= 0.3 is 0 Å². The predicted molar refractivity (Wildman–Crippen MR) is 60.3 cm³/mol. The third-order valence-corrected chi connectivity index (χ3v) is 3.08. The average molecular weight is 199 g/mol. The first kappa shape index (κ1) is 12.0. The van der Waals surface area contributed by atoms with Crippen LogP contribution in [0.3, 0.4) is 0 Å². The molecule has 0 heterocycles. The van der Waals surface area contributed by atoms with Gasteiger partial charge in [0.05, 0.1) is 5.60 Å². The Hall–Kier alpha value is -0.0800.